The van der Waals surface area contributed by atoms with Gasteiger partial charge in [-0.2, -0.15) is 5.26 Å². The van der Waals surface area contributed by atoms with Crippen LogP contribution in [0, 0.1) is 11.3 Å². The van der Waals surface area contributed by atoms with Crippen molar-refractivity contribution in [3.63, 3.8) is 0 Å². The van der Waals surface area contributed by atoms with E-state index < -0.39 is 0 Å². The van der Waals surface area contributed by atoms with Gasteiger partial charge in [-0.25, -0.2) is 4.98 Å². The van der Waals surface area contributed by atoms with Crippen LogP contribution < -0.4 is 10.1 Å². The molecule has 0 saturated heterocycles. The Bertz CT molecular complexity index is 1150. The summed E-state index contributed by atoms with van der Waals surface area (Å²) in [6.07, 6.45) is 1.93. The van der Waals surface area contributed by atoms with Gasteiger partial charge in [-0.1, -0.05) is 36.4 Å². The molecule has 4 rings (SSSR count). The molecule has 1 heterocycles. The van der Waals surface area contributed by atoms with E-state index in [4.69, 9.17) is 4.74 Å². The number of fused-ring (bicyclic) bond motifs is 1. The number of hydrogen-bond acceptors (Lipinski definition) is 5. The maximum absolute atomic E-state index is 9.71. The van der Waals surface area contributed by atoms with Crippen molar-refractivity contribution in [2.75, 3.05) is 11.6 Å². The lowest BCUT2D eigenvalue weighted by Gasteiger charge is -2.14. The molecule has 5 heteroatoms. The Morgan fingerprint density at radius 1 is 0.893 bits per heavy atom. The van der Waals surface area contributed by atoms with Crippen LogP contribution in [-0.2, 0) is 0 Å². The first-order valence-electron chi connectivity index (χ1n) is 8.75. The number of rotatable bonds is 5. The highest BCUT2D eigenvalue weighted by Crippen LogP contribution is 2.34. The molecule has 28 heavy (non-hydrogen) atoms. The first-order chi connectivity index (χ1) is 13.8. The minimum atomic E-state index is 0.552. The zero-order chi connectivity index (χ0) is 19.3. The molecule has 0 atom stereocenters. The highest BCUT2D eigenvalue weighted by Gasteiger charge is 2.14. The monoisotopic (exact) mass is 383 g/mol. The van der Waals surface area contributed by atoms with E-state index in [1.165, 1.54) is 11.8 Å². The third-order valence-electron chi connectivity index (χ3n) is 4.27. The van der Waals surface area contributed by atoms with Crippen LogP contribution in [0.2, 0.25) is 0 Å². The van der Waals surface area contributed by atoms with Gasteiger partial charge in [0.15, 0.2) is 0 Å². The van der Waals surface area contributed by atoms with E-state index in [2.05, 4.69) is 16.4 Å². The van der Waals surface area contributed by atoms with Crippen LogP contribution in [0.1, 0.15) is 5.56 Å². The van der Waals surface area contributed by atoms with Gasteiger partial charge < -0.3 is 10.1 Å². The largest absolute Gasteiger partial charge is 0.457 e. The first-order valence-corrected chi connectivity index (χ1v) is 9.98. The summed E-state index contributed by atoms with van der Waals surface area (Å²) in [7, 11) is 0. The van der Waals surface area contributed by atoms with Gasteiger partial charge in [0.1, 0.15) is 28.2 Å². The van der Waals surface area contributed by atoms with Gasteiger partial charge in [-0.3, -0.25) is 0 Å². The number of pyridine rings is 1. The molecule has 0 saturated carbocycles. The Labute approximate surface area is 167 Å². The summed E-state index contributed by atoms with van der Waals surface area (Å²) in [5.74, 6) is 1.54. The maximum Gasteiger partial charge on any atom is 0.127 e. The van der Waals surface area contributed by atoms with E-state index in [9.17, 15) is 5.26 Å². The first kappa shape index (κ1) is 17.9. The summed E-state index contributed by atoms with van der Waals surface area (Å²) < 4.78 is 5.84. The van der Waals surface area contributed by atoms with Crippen LogP contribution in [0.25, 0.3) is 10.9 Å². The van der Waals surface area contributed by atoms with Crippen LogP contribution >= 0.6 is 11.8 Å². The van der Waals surface area contributed by atoms with Crippen LogP contribution in [0.5, 0.6) is 11.5 Å². The fraction of sp³-hybridized carbons (Fsp3) is 0.0435. The molecular formula is C23H17N3OS. The van der Waals surface area contributed by atoms with Gasteiger partial charge >= 0.3 is 0 Å². The molecule has 0 spiro atoms. The lowest BCUT2D eigenvalue weighted by atomic mass is 10.1. The average molecular weight is 383 g/mol. The van der Waals surface area contributed by atoms with Gasteiger partial charge in [0, 0.05) is 11.1 Å². The van der Waals surface area contributed by atoms with E-state index >= 15 is 0 Å². The summed E-state index contributed by atoms with van der Waals surface area (Å²) in [4.78, 5) is 4.61. The Balaban J connectivity index is 1.67. The number of nitriles is 1. The number of aromatic nitrogens is 1. The van der Waals surface area contributed by atoms with Gasteiger partial charge in [0.25, 0.3) is 0 Å². The lowest BCUT2D eigenvalue weighted by molar-refractivity contribution is 0.483. The fourth-order valence-corrected chi connectivity index (χ4v) is 3.49. The predicted molar refractivity (Wildman–Crippen MR) is 114 cm³/mol. The molecular weight excluding hydrogens is 366 g/mol. The van der Waals surface area contributed by atoms with Gasteiger partial charge in [0.2, 0.25) is 0 Å². The number of para-hydroxylation sites is 2. The van der Waals surface area contributed by atoms with E-state index in [0.29, 0.717) is 10.6 Å². The second kappa shape index (κ2) is 8.03. The van der Waals surface area contributed by atoms with Crippen LogP contribution in [0.15, 0.2) is 83.9 Å². The van der Waals surface area contributed by atoms with Crippen molar-refractivity contribution < 1.29 is 4.74 Å². The fourth-order valence-electron chi connectivity index (χ4n) is 2.95. The quantitative estimate of drug-likeness (QED) is 0.406. The third-order valence-corrected chi connectivity index (χ3v) is 4.95. The Kier molecular flexibility index (Phi) is 5.14. The Morgan fingerprint density at radius 2 is 1.57 bits per heavy atom. The summed E-state index contributed by atoms with van der Waals surface area (Å²) in [5.41, 5.74) is 3.06. The molecule has 1 N–H and O–H groups in total. The molecule has 3 aromatic carbocycles. The smallest absolute Gasteiger partial charge is 0.127 e. The Morgan fingerprint density at radius 3 is 2.29 bits per heavy atom. The molecule has 0 amide bonds. The summed E-state index contributed by atoms with van der Waals surface area (Å²) in [6.45, 7) is 0. The zero-order valence-corrected chi connectivity index (χ0v) is 16.0. The number of hydrogen-bond donors (Lipinski definition) is 1. The molecule has 0 radical (unpaired) electrons. The summed E-state index contributed by atoms with van der Waals surface area (Å²) in [6, 6.07) is 27.5. The van der Waals surface area contributed by atoms with Crippen molar-refractivity contribution in [3.05, 3.63) is 84.4 Å². The third kappa shape index (κ3) is 3.64. The van der Waals surface area contributed by atoms with E-state index in [1.807, 2.05) is 85.1 Å². The Hall–Kier alpha value is -3.49. The average Bonchev–Trinajstić information content (AvgIpc) is 2.75. The predicted octanol–water partition coefficient (Wildman–Crippen LogP) is 6.36. The number of benzene rings is 3. The van der Waals surface area contributed by atoms with Gasteiger partial charge in [-0.15, -0.1) is 11.8 Å². The molecule has 1 aromatic heterocycles. The number of nitrogens with zero attached hydrogens (tertiary/aromatic N) is 2. The summed E-state index contributed by atoms with van der Waals surface area (Å²) >= 11 is 1.47. The lowest BCUT2D eigenvalue weighted by Crippen LogP contribution is -1.99. The topological polar surface area (TPSA) is 57.9 Å². The highest BCUT2D eigenvalue weighted by atomic mass is 32.2. The highest BCUT2D eigenvalue weighted by molar-refractivity contribution is 7.98. The summed E-state index contributed by atoms with van der Waals surface area (Å²) in [5, 5.41) is 14.7. The molecule has 0 fully saturated rings. The molecule has 0 unspecified atom stereocenters. The van der Waals surface area contributed by atoms with Gasteiger partial charge in [-0.05, 0) is 48.7 Å². The second-order valence-corrected chi connectivity index (χ2v) is 6.86. The molecule has 4 aromatic rings. The number of anilines is 2. The van der Waals surface area contributed by atoms with Gasteiger partial charge in [0.05, 0.1) is 11.2 Å². The standard InChI is InChI=1S/C23H17N3OS/c1-28-23-20(15-24)22(19-9-5-6-10-21(19)26-23)25-16-11-13-18(14-12-16)27-17-7-3-2-4-8-17/h2-14H,1H3,(H,25,26). The minimum absolute atomic E-state index is 0.552. The van der Waals surface area contributed by atoms with E-state index in [1.54, 1.807) is 0 Å². The van der Waals surface area contributed by atoms with Crippen LogP contribution in [0.3, 0.4) is 0 Å². The van der Waals surface area contributed by atoms with Crippen molar-refractivity contribution in [1.82, 2.24) is 4.98 Å². The minimum Gasteiger partial charge on any atom is -0.457 e. The second-order valence-electron chi connectivity index (χ2n) is 6.06. The van der Waals surface area contributed by atoms with Crippen molar-refractivity contribution >= 4 is 34.0 Å². The molecule has 0 bridgehead atoms. The van der Waals surface area contributed by atoms with Crippen LogP contribution in [-0.4, -0.2) is 11.2 Å². The SMILES string of the molecule is CSc1nc2ccccc2c(Nc2ccc(Oc3ccccc3)cc2)c1C#N. The number of nitrogens with one attached hydrogen (secondary N) is 1. The molecule has 0 aliphatic heterocycles. The van der Waals surface area contributed by atoms with Crippen LogP contribution in [0.4, 0.5) is 11.4 Å². The number of thioether (sulfide) groups is 1. The van der Waals surface area contributed by atoms with E-state index in [0.717, 1.165) is 33.8 Å². The van der Waals surface area contributed by atoms with Crippen molar-refractivity contribution in [2.45, 2.75) is 5.03 Å². The normalized spacial score (nSPS) is 10.4. The number of ether oxygens (including phenoxy) is 1. The van der Waals surface area contributed by atoms with Crippen molar-refractivity contribution in [3.8, 4) is 17.6 Å². The van der Waals surface area contributed by atoms with Crippen molar-refractivity contribution in [1.29, 1.82) is 5.26 Å². The molecule has 0 aliphatic carbocycles. The van der Waals surface area contributed by atoms with Crippen molar-refractivity contribution in [2.24, 2.45) is 0 Å². The molecule has 0 aliphatic rings. The molecule has 136 valence electrons. The maximum atomic E-state index is 9.71. The zero-order valence-electron chi connectivity index (χ0n) is 15.2. The van der Waals surface area contributed by atoms with E-state index in [-0.39, 0.29) is 0 Å². The molecule has 4 nitrogen and oxygen atoms in total.